The van der Waals surface area contributed by atoms with Gasteiger partial charge in [0.25, 0.3) is 0 Å². The summed E-state index contributed by atoms with van der Waals surface area (Å²) in [5.41, 5.74) is 2.83. The summed E-state index contributed by atoms with van der Waals surface area (Å²) in [6.07, 6.45) is 5.52. The highest BCUT2D eigenvalue weighted by Crippen LogP contribution is 2.29. The third kappa shape index (κ3) is 2.73. The molecular weight excluding hydrogens is 238 g/mol. The molecule has 3 rings (SSSR count). The minimum atomic E-state index is -0.141. The fourth-order valence-electron chi connectivity index (χ4n) is 2.72. The third-order valence-electron chi connectivity index (χ3n) is 4.27. The maximum absolute atomic E-state index is 11.2. The minimum Gasteiger partial charge on any atom is -0.310 e. The van der Waals surface area contributed by atoms with Crippen LogP contribution in [-0.2, 0) is 0 Å². The van der Waals surface area contributed by atoms with Crippen LogP contribution in [0.4, 0.5) is 0 Å². The topological polar surface area (TPSA) is 60.7 Å². The Morgan fingerprint density at radius 2 is 2.11 bits per heavy atom. The van der Waals surface area contributed by atoms with Crippen molar-refractivity contribution in [3.63, 3.8) is 0 Å². The monoisotopic (exact) mass is 259 g/mol. The molecule has 0 aliphatic heterocycles. The molecule has 1 aromatic carbocycles. The van der Waals surface area contributed by atoms with Crippen LogP contribution in [0.1, 0.15) is 44.2 Å². The van der Waals surface area contributed by atoms with Crippen molar-refractivity contribution in [1.82, 2.24) is 15.3 Å². The largest absolute Gasteiger partial charge is 0.323 e. The summed E-state index contributed by atoms with van der Waals surface area (Å²) in [5.74, 6) is 0.947. The van der Waals surface area contributed by atoms with Gasteiger partial charge < -0.3 is 15.3 Å². The average molecular weight is 259 g/mol. The molecule has 0 amide bonds. The van der Waals surface area contributed by atoms with Gasteiger partial charge >= 0.3 is 5.69 Å². The summed E-state index contributed by atoms with van der Waals surface area (Å²) in [7, 11) is 0. The van der Waals surface area contributed by atoms with E-state index in [0.717, 1.165) is 23.5 Å². The molecular formula is C15H21N3O. The molecule has 1 heterocycles. The van der Waals surface area contributed by atoms with Gasteiger partial charge in [0.15, 0.2) is 0 Å². The van der Waals surface area contributed by atoms with Crippen LogP contribution in [0.15, 0.2) is 23.0 Å². The molecule has 2 aromatic rings. The number of rotatable bonds is 5. The second-order valence-corrected chi connectivity index (χ2v) is 5.65. The Hall–Kier alpha value is -1.55. The van der Waals surface area contributed by atoms with E-state index in [9.17, 15) is 4.79 Å². The average Bonchev–Trinajstić information content (AvgIpc) is 2.70. The SMILES string of the molecule is CC(NCCC1CCC1)c1ccc2[nH]c(=O)[nH]c2c1. The zero-order valence-electron chi connectivity index (χ0n) is 11.3. The first kappa shape index (κ1) is 12.5. The smallest absolute Gasteiger partial charge is 0.310 e. The predicted octanol–water partition coefficient (Wildman–Crippen LogP) is 2.70. The highest BCUT2D eigenvalue weighted by molar-refractivity contribution is 5.75. The number of aromatic nitrogens is 2. The van der Waals surface area contributed by atoms with Crippen LogP contribution in [0.3, 0.4) is 0 Å². The number of fused-ring (bicyclic) bond motifs is 1. The summed E-state index contributed by atoms with van der Waals surface area (Å²) in [6, 6.07) is 6.41. The van der Waals surface area contributed by atoms with E-state index in [4.69, 9.17) is 0 Å². The Labute approximate surface area is 112 Å². The second-order valence-electron chi connectivity index (χ2n) is 5.65. The number of benzene rings is 1. The molecule has 1 aliphatic carbocycles. The van der Waals surface area contributed by atoms with Gasteiger partial charge in [0.2, 0.25) is 0 Å². The first-order valence-corrected chi connectivity index (χ1v) is 7.18. The van der Waals surface area contributed by atoms with Crippen LogP contribution in [0, 0.1) is 5.92 Å². The number of imidazole rings is 1. The van der Waals surface area contributed by atoms with Crippen molar-refractivity contribution in [2.45, 2.75) is 38.6 Å². The van der Waals surface area contributed by atoms with Gasteiger partial charge in [0.1, 0.15) is 0 Å². The Balaban J connectivity index is 1.63. The lowest BCUT2D eigenvalue weighted by Gasteiger charge is -2.26. The Bertz CT molecular complexity index is 609. The van der Waals surface area contributed by atoms with Crippen molar-refractivity contribution in [2.75, 3.05) is 6.54 Å². The lowest BCUT2D eigenvalue weighted by Crippen LogP contribution is -2.24. The second kappa shape index (κ2) is 5.21. The normalized spacial score (nSPS) is 17.5. The molecule has 1 fully saturated rings. The summed E-state index contributed by atoms with van der Waals surface area (Å²) in [6.45, 7) is 3.25. The molecule has 3 N–H and O–H groups in total. The molecule has 0 saturated heterocycles. The first-order valence-electron chi connectivity index (χ1n) is 7.18. The quantitative estimate of drug-likeness (QED) is 0.773. The number of hydrogen-bond donors (Lipinski definition) is 3. The molecule has 19 heavy (non-hydrogen) atoms. The van der Waals surface area contributed by atoms with Gasteiger partial charge in [-0.05, 0) is 43.5 Å². The Morgan fingerprint density at radius 1 is 1.32 bits per heavy atom. The van der Waals surface area contributed by atoms with Gasteiger partial charge in [-0.1, -0.05) is 25.3 Å². The zero-order valence-corrected chi connectivity index (χ0v) is 11.3. The van der Waals surface area contributed by atoms with Crippen LogP contribution in [0.25, 0.3) is 11.0 Å². The van der Waals surface area contributed by atoms with Crippen LogP contribution in [-0.4, -0.2) is 16.5 Å². The maximum atomic E-state index is 11.2. The van der Waals surface area contributed by atoms with Crippen molar-refractivity contribution >= 4 is 11.0 Å². The molecule has 102 valence electrons. The lowest BCUT2D eigenvalue weighted by molar-refractivity contribution is 0.288. The number of hydrogen-bond acceptors (Lipinski definition) is 2. The molecule has 1 aliphatic rings. The van der Waals surface area contributed by atoms with Crippen molar-refractivity contribution in [3.05, 3.63) is 34.2 Å². The molecule has 1 atom stereocenters. The van der Waals surface area contributed by atoms with Gasteiger partial charge in [0.05, 0.1) is 11.0 Å². The molecule has 1 saturated carbocycles. The fourth-order valence-corrected chi connectivity index (χ4v) is 2.72. The fraction of sp³-hybridized carbons (Fsp3) is 0.533. The van der Waals surface area contributed by atoms with E-state index in [1.54, 1.807) is 0 Å². The highest BCUT2D eigenvalue weighted by Gasteiger charge is 2.17. The van der Waals surface area contributed by atoms with E-state index in [0.29, 0.717) is 6.04 Å². The molecule has 4 nitrogen and oxygen atoms in total. The molecule has 0 radical (unpaired) electrons. The Morgan fingerprint density at radius 3 is 2.84 bits per heavy atom. The van der Waals surface area contributed by atoms with Gasteiger partial charge in [0, 0.05) is 6.04 Å². The molecule has 4 heteroatoms. The highest BCUT2D eigenvalue weighted by atomic mass is 16.1. The van der Waals surface area contributed by atoms with Crippen molar-refractivity contribution in [1.29, 1.82) is 0 Å². The molecule has 1 aromatic heterocycles. The van der Waals surface area contributed by atoms with E-state index >= 15 is 0 Å². The van der Waals surface area contributed by atoms with Crippen molar-refractivity contribution in [2.24, 2.45) is 5.92 Å². The van der Waals surface area contributed by atoms with Crippen LogP contribution < -0.4 is 11.0 Å². The van der Waals surface area contributed by atoms with Gasteiger partial charge in [-0.15, -0.1) is 0 Å². The van der Waals surface area contributed by atoms with Crippen LogP contribution in [0.5, 0.6) is 0 Å². The lowest BCUT2D eigenvalue weighted by atomic mass is 9.83. The number of nitrogens with one attached hydrogen (secondary N) is 3. The van der Waals surface area contributed by atoms with Crippen molar-refractivity contribution < 1.29 is 0 Å². The van der Waals surface area contributed by atoms with E-state index in [2.05, 4.69) is 28.3 Å². The van der Waals surface area contributed by atoms with E-state index in [-0.39, 0.29) is 5.69 Å². The first-order chi connectivity index (χ1) is 9.22. The predicted molar refractivity (Wildman–Crippen MR) is 77.3 cm³/mol. The summed E-state index contributed by atoms with van der Waals surface area (Å²) in [4.78, 5) is 16.8. The van der Waals surface area contributed by atoms with E-state index < -0.39 is 0 Å². The standard InChI is InChI=1S/C15H21N3O/c1-10(16-8-7-11-3-2-4-11)12-5-6-13-14(9-12)18-15(19)17-13/h5-6,9-11,16H,2-4,7-8H2,1H3,(H2,17,18,19). The van der Waals surface area contributed by atoms with Crippen molar-refractivity contribution in [3.8, 4) is 0 Å². The van der Waals surface area contributed by atoms with Gasteiger partial charge in [-0.25, -0.2) is 4.79 Å². The van der Waals surface area contributed by atoms with Gasteiger partial charge in [-0.2, -0.15) is 0 Å². The third-order valence-corrected chi connectivity index (χ3v) is 4.27. The van der Waals surface area contributed by atoms with Crippen LogP contribution >= 0.6 is 0 Å². The number of aromatic amines is 2. The summed E-state index contributed by atoms with van der Waals surface area (Å²) < 4.78 is 0. The minimum absolute atomic E-state index is 0.141. The van der Waals surface area contributed by atoms with Crippen LogP contribution in [0.2, 0.25) is 0 Å². The molecule has 0 bridgehead atoms. The summed E-state index contributed by atoms with van der Waals surface area (Å²) >= 11 is 0. The van der Waals surface area contributed by atoms with Gasteiger partial charge in [-0.3, -0.25) is 0 Å². The maximum Gasteiger partial charge on any atom is 0.323 e. The summed E-state index contributed by atoms with van der Waals surface area (Å²) in [5, 5.41) is 3.57. The Kier molecular flexibility index (Phi) is 3.42. The van der Waals surface area contributed by atoms with E-state index in [1.165, 1.54) is 31.2 Å². The number of H-pyrrole nitrogens is 2. The molecule has 0 spiro atoms. The molecule has 1 unspecified atom stereocenters. The zero-order chi connectivity index (χ0) is 13.2. The van der Waals surface area contributed by atoms with E-state index in [1.807, 2.05) is 12.1 Å².